The normalized spacial score (nSPS) is 10.4. The first kappa shape index (κ1) is 13.3. The van der Waals surface area contributed by atoms with E-state index in [4.69, 9.17) is 0 Å². The Morgan fingerprint density at radius 2 is 1.95 bits per heavy atom. The van der Waals surface area contributed by atoms with Gasteiger partial charge in [0, 0.05) is 19.2 Å². The van der Waals surface area contributed by atoms with E-state index in [-0.39, 0.29) is 5.91 Å². The minimum absolute atomic E-state index is 0.0841. The molecule has 0 fully saturated rings. The minimum atomic E-state index is 0.0841. The Bertz CT molecular complexity index is 583. The number of unbranched alkanes of at least 4 members (excludes halogenated alkanes) is 1. The summed E-state index contributed by atoms with van der Waals surface area (Å²) in [6, 6.07) is 13.9. The summed E-state index contributed by atoms with van der Waals surface area (Å²) in [5, 5.41) is 2.12. The number of fused-ring (bicyclic) bond motifs is 1. The second-order valence-corrected chi connectivity index (χ2v) is 4.68. The highest BCUT2D eigenvalue weighted by Crippen LogP contribution is 2.19. The molecular weight excluding hydrogens is 234 g/mol. The van der Waals surface area contributed by atoms with Crippen molar-refractivity contribution in [1.82, 2.24) is 4.90 Å². The fourth-order valence-corrected chi connectivity index (χ4v) is 2.19. The van der Waals surface area contributed by atoms with Gasteiger partial charge in [-0.1, -0.05) is 42.5 Å². The van der Waals surface area contributed by atoms with Crippen molar-refractivity contribution in [3.63, 3.8) is 0 Å². The van der Waals surface area contributed by atoms with Gasteiger partial charge in [-0.2, -0.15) is 0 Å². The maximum absolute atomic E-state index is 12.5. The van der Waals surface area contributed by atoms with Crippen LogP contribution in [-0.2, 0) is 0 Å². The number of hydrogen-bond acceptors (Lipinski definition) is 1. The number of carbonyl (C=O) groups excluding carboxylic acids is 1. The van der Waals surface area contributed by atoms with Gasteiger partial charge >= 0.3 is 0 Å². The SMILES string of the molecule is C=CCCCN(C)C(=O)c1cccc2ccccc12. The Morgan fingerprint density at radius 1 is 1.21 bits per heavy atom. The van der Waals surface area contributed by atoms with Crippen molar-refractivity contribution in [2.75, 3.05) is 13.6 Å². The summed E-state index contributed by atoms with van der Waals surface area (Å²) >= 11 is 0. The molecule has 2 nitrogen and oxygen atoms in total. The number of amides is 1. The third kappa shape index (κ3) is 3.02. The van der Waals surface area contributed by atoms with Crippen LogP contribution >= 0.6 is 0 Å². The second kappa shape index (κ2) is 6.19. The van der Waals surface area contributed by atoms with Crippen LogP contribution in [0.3, 0.4) is 0 Å². The molecule has 0 aliphatic carbocycles. The van der Waals surface area contributed by atoms with Gasteiger partial charge in [0.15, 0.2) is 0 Å². The van der Waals surface area contributed by atoms with Gasteiger partial charge in [-0.25, -0.2) is 0 Å². The van der Waals surface area contributed by atoms with E-state index in [1.165, 1.54) is 0 Å². The summed E-state index contributed by atoms with van der Waals surface area (Å²) in [4.78, 5) is 14.2. The molecule has 0 saturated carbocycles. The first-order valence-electron chi connectivity index (χ1n) is 6.58. The van der Waals surface area contributed by atoms with Crippen molar-refractivity contribution in [1.29, 1.82) is 0 Å². The Hall–Kier alpha value is -2.09. The molecule has 2 heteroatoms. The predicted octanol–water partition coefficient (Wildman–Crippen LogP) is 3.88. The van der Waals surface area contributed by atoms with E-state index >= 15 is 0 Å². The van der Waals surface area contributed by atoms with Crippen LogP contribution in [0.15, 0.2) is 55.1 Å². The Kier molecular flexibility index (Phi) is 4.35. The number of allylic oxidation sites excluding steroid dienone is 1. The summed E-state index contributed by atoms with van der Waals surface area (Å²) in [6.07, 6.45) is 3.78. The van der Waals surface area contributed by atoms with Gasteiger partial charge < -0.3 is 4.90 Å². The lowest BCUT2D eigenvalue weighted by Gasteiger charge is -2.17. The molecule has 0 N–H and O–H groups in total. The third-order valence-corrected chi connectivity index (χ3v) is 3.27. The quantitative estimate of drug-likeness (QED) is 0.585. The lowest BCUT2D eigenvalue weighted by Crippen LogP contribution is -2.27. The van der Waals surface area contributed by atoms with E-state index in [1.54, 1.807) is 4.90 Å². The van der Waals surface area contributed by atoms with E-state index in [0.29, 0.717) is 0 Å². The highest BCUT2D eigenvalue weighted by molar-refractivity contribution is 6.06. The lowest BCUT2D eigenvalue weighted by atomic mass is 10.0. The van der Waals surface area contributed by atoms with Gasteiger partial charge in [-0.05, 0) is 29.7 Å². The Labute approximate surface area is 114 Å². The Morgan fingerprint density at radius 3 is 2.74 bits per heavy atom. The number of rotatable bonds is 5. The molecular formula is C17H19NO. The van der Waals surface area contributed by atoms with E-state index in [0.717, 1.165) is 35.7 Å². The second-order valence-electron chi connectivity index (χ2n) is 4.68. The molecule has 0 unspecified atom stereocenters. The standard InChI is InChI=1S/C17H19NO/c1-3-4-7-13-18(2)17(19)16-12-8-10-14-9-5-6-11-15(14)16/h3,5-6,8-12H,1,4,7,13H2,2H3. The van der Waals surface area contributed by atoms with E-state index < -0.39 is 0 Å². The van der Waals surface area contributed by atoms with Gasteiger partial charge in [-0.3, -0.25) is 4.79 Å². The van der Waals surface area contributed by atoms with Crippen molar-refractivity contribution < 1.29 is 4.79 Å². The van der Waals surface area contributed by atoms with E-state index in [9.17, 15) is 4.79 Å². The molecule has 0 radical (unpaired) electrons. The zero-order chi connectivity index (χ0) is 13.7. The van der Waals surface area contributed by atoms with Gasteiger partial charge in [0.25, 0.3) is 5.91 Å². The van der Waals surface area contributed by atoms with Crippen LogP contribution in [0.25, 0.3) is 10.8 Å². The summed E-state index contributed by atoms with van der Waals surface area (Å²) in [7, 11) is 1.85. The smallest absolute Gasteiger partial charge is 0.254 e. The van der Waals surface area contributed by atoms with Crippen LogP contribution in [0, 0.1) is 0 Å². The largest absolute Gasteiger partial charge is 0.342 e. The van der Waals surface area contributed by atoms with Crippen molar-refractivity contribution in [2.24, 2.45) is 0 Å². The maximum atomic E-state index is 12.5. The number of hydrogen-bond donors (Lipinski definition) is 0. The lowest BCUT2D eigenvalue weighted by molar-refractivity contribution is 0.0796. The predicted molar refractivity (Wildman–Crippen MR) is 80.3 cm³/mol. The molecule has 0 aliphatic heterocycles. The Balaban J connectivity index is 2.23. The van der Waals surface area contributed by atoms with Crippen molar-refractivity contribution >= 4 is 16.7 Å². The van der Waals surface area contributed by atoms with Crippen LogP contribution in [0.5, 0.6) is 0 Å². The molecule has 0 aliphatic rings. The third-order valence-electron chi connectivity index (χ3n) is 3.27. The monoisotopic (exact) mass is 253 g/mol. The average Bonchev–Trinajstić information content (AvgIpc) is 2.46. The van der Waals surface area contributed by atoms with Gasteiger partial charge in [0.05, 0.1) is 0 Å². The van der Waals surface area contributed by atoms with Crippen molar-refractivity contribution in [3.8, 4) is 0 Å². The number of carbonyl (C=O) groups is 1. The molecule has 0 atom stereocenters. The molecule has 2 aromatic rings. The topological polar surface area (TPSA) is 20.3 Å². The van der Waals surface area contributed by atoms with Crippen molar-refractivity contribution in [2.45, 2.75) is 12.8 Å². The number of nitrogens with zero attached hydrogens (tertiary/aromatic N) is 1. The highest BCUT2D eigenvalue weighted by Gasteiger charge is 2.13. The molecule has 2 aromatic carbocycles. The van der Waals surface area contributed by atoms with E-state index in [2.05, 4.69) is 6.58 Å². The molecule has 2 rings (SSSR count). The van der Waals surface area contributed by atoms with Crippen LogP contribution in [0.1, 0.15) is 23.2 Å². The summed E-state index contributed by atoms with van der Waals surface area (Å²) in [6.45, 7) is 4.46. The van der Waals surface area contributed by atoms with E-state index in [1.807, 2.05) is 55.6 Å². The summed E-state index contributed by atoms with van der Waals surface area (Å²) < 4.78 is 0. The molecule has 98 valence electrons. The highest BCUT2D eigenvalue weighted by atomic mass is 16.2. The van der Waals surface area contributed by atoms with Gasteiger partial charge in [0.2, 0.25) is 0 Å². The molecule has 0 aromatic heterocycles. The molecule has 0 heterocycles. The molecule has 1 amide bonds. The first-order valence-corrected chi connectivity index (χ1v) is 6.58. The molecule has 0 bridgehead atoms. The minimum Gasteiger partial charge on any atom is -0.342 e. The van der Waals surface area contributed by atoms with Gasteiger partial charge in [-0.15, -0.1) is 6.58 Å². The van der Waals surface area contributed by atoms with Crippen LogP contribution in [-0.4, -0.2) is 24.4 Å². The molecule has 19 heavy (non-hydrogen) atoms. The molecule has 0 spiro atoms. The molecule has 0 saturated heterocycles. The van der Waals surface area contributed by atoms with Crippen LogP contribution < -0.4 is 0 Å². The zero-order valence-corrected chi connectivity index (χ0v) is 11.3. The summed E-state index contributed by atoms with van der Waals surface area (Å²) in [5.74, 6) is 0.0841. The van der Waals surface area contributed by atoms with Crippen LogP contribution in [0.2, 0.25) is 0 Å². The van der Waals surface area contributed by atoms with Crippen molar-refractivity contribution in [3.05, 3.63) is 60.7 Å². The summed E-state index contributed by atoms with van der Waals surface area (Å²) in [5.41, 5.74) is 0.777. The first-order chi connectivity index (χ1) is 9.24. The van der Waals surface area contributed by atoms with Crippen LogP contribution in [0.4, 0.5) is 0 Å². The fourth-order valence-electron chi connectivity index (χ4n) is 2.19. The van der Waals surface area contributed by atoms with Gasteiger partial charge in [0.1, 0.15) is 0 Å². The maximum Gasteiger partial charge on any atom is 0.254 e. The average molecular weight is 253 g/mol. The number of benzene rings is 2. The fraction of sp³-hybridized carbons (Fsp3) is 0.235. The zero-order valence-electron chi connectivity index (χ0n) is 11.3.